The number of ether oxygens (including phenoxy) is 1. The standard InChI is InChI=1S/C21H22N4O2/c1-15-5-3-7-17(11-15)25-20-13-19(23-14-24-20)21(26)22-10-9-16-6-4-8-18(12-16)27-2/h3-8,11-14H,9-10H2,1-2H3,(H,22,26)(H,23,24,25). The highest BCUT2D eigenvalue weighted by atomic mass is 16.5. The van der Waals surface area contributed by atoms with Crippen LogP contribution in [-0.4, -0.2) is 29.5 Å². The van der Waals surface area contributed by atoms with Gasteiger partial charge in [-0.2, -0.15) is 0 Å². The second-order valence-electron chi connectivity index (χ2n) is 6.14. The molecular weight excluding hydrogens is 340 g/mol. The summed E-state index contributed by atoms with van der Waals surface area (Å²) in [4.78, 5) is 20.6. The van der Waals surface area contributed by atoms with Crippen molar-refractivity contribution in [1.82, 2.24) is 15.3 Å². The molecule has 6 heteroatoms. The molecule has 1 heterocycles. The summed E-state index contributed by atoms with van der Waals surface area (Å²) < 4.78 is 5.21. The number of hydrogen-bond donors (Lipinski definition) is 2. The van der Waals surface area contributed by atoms with Crippen molar-refractivity contribution >= 4 is 17.4 Å². The Hall–Kier alpha value is -3.41. The highest BCUT2D eigenvalue weighted by molar-refractivity contribution is 5.92. The first-order chi connectivity index (χ1) is 13.1. The zero-order valence-electron chi connectivity index (χ0n) is 15.4. The fourth-order valence-electron chi connectivity index (χ4n) is 2.66. The third-order valence-electron chi connectivity index (χ3n) is 4.02. The van der Waals surface area contributed by atoms with E-state index in [1.54, 1.807) is 13.2 Å². The lowest BCUT2D eigenvalue weighted by Gasteiger charge is -2.09. The Morgan fingerprint density at radius 3 is 2.74 bits per heavy atom. The summed E-state index contributed by atoms with van der Waals surface area (Å²) in [7, 11) is 1.64. The summed E-state index contributed by atoms with van der Waals surface area (Å²) in [6, 6.07) is 17.4. The zero-order chi connectivity index (χ0) is 19.1. The van der Waals surface area contributed by atoms with E-state index in [0.29, 0.717) is 24.5 Å². The number of anilines is 2. The van der Waals surface area contributed by atoms with Crippen molar-refractivity contribution in [3.8, 4) is 5.75 Å². The lowest BCUT2D eigenvalue weighted by molar-refractivity contribution is 0.0949. The number of benzene rings is 2. The van der Waals surface area contributed by atoms with Crippen molar-refractivity contribution < 1.29 is 9.53 Å². The van der Waals surface area contributed by atoms with Crippen LogP contribution in [0.25, 0.3) is 0 Å². The average Bonchev–Trinajstić information content (AvgIpc) is 2.68. The van der Waals surface area contributed by atoms with Gasteiger partial charge in [0.15, 0.2) is 0 Å². The van der Waals surface area contributed by atoms with Gasteiger partial charge in [-0.1, -0.05) is 24.3 Å². The van der Waals surface area contributed by atoms with Crippen molar-refractivity contribution in [2.24, 2.45) is 0 Å². The van der Waals surface area contributed by atoms with Gasteiger partial charge in [-0.25, -0.2) is 9.97 Å². The maximum absolute atomic E-state index is 12.4. The molecule has 0 spiro atoms. The third kappa shape index (κ3) is 5.28. The number of methoxy groups -OCH3 is 1. The van der Waals surface area contributed by atoms with Crippen LogP contribution in [0.1, 0.15) is 21.6 Å². The van der Waals surface area contributed by atoms with Crippen molar-refractivity contribution in [3.05, 3.63) is 77.7 Å². The fraction of sp³-hybridized carbons (Fsp3) is 0.190. The van der Waals surface area contributed by atoms with Gasteiger partial charge in [0.05, 0.1) is 7.11 Å². The van der Waals surface area contributed by atoms with E-state index in [1.165, 1.54) is 6.33 Å². The van der Waals surface area contributed by atoms with Crippen molar-refractivity contribution in [3.63, 3.8) is 0 Å². The van der Waals surface area contributed by atoms with Crippen LogP contribution in [0, 0.1) is 6.92 Å². The van der Waals surface area contributed by atoms with Gasteiger partial charge in [-0.15, -0.1) is 0 Å². The first kappa shape index (κ1) is 18.4. The largest absolute Gasteiger partial charge is 0.497 e. The van der Waals surface area contributed by atoms with Gasteiger partial charge in [0, 0.05) is 18.3 Å². The Labute approximate surface area is 158 Å². The molecule has 2 aromatic carbocycles. The molecular formula is C21H22N4O2. The van der Waals surface area contributed by atoms with Crippen LogP contribution in [0.3, 0.4) is 0 Å². The number of aryl methyl sites for hydroxylation is 1. The zero-order valence-corrected chi connectivity index (χ0v) is 15.4. The summed E-state index contributed by atoms with van der Waals surface area (Å²) >= 11 is 0. The number of aromatic nitrogens is 2. The Morgan fingerprint density at radius 1 is 1.07 bits per heavy atom. The molecule has 6 nitrogen and oxygen atoms in total. The topological polar surface area (TPSA) is 76.1 Å². The van der Waals surface area contributed by atoms with Gasteiger partial charge in [0.1, 0.15) is 23.6 Å². The Balaban J connectivity index is 1.58. The molecule has 0 fully saturated rings. The highest BCUT2D eigenvalue weighted by Gasteiger charge is 2.09. The molecule has 0 saturated heterocycles. The molecule has 2 N–H and O–H groups in total. The van der Waals surface area contributed by atoms with E-state index in [4.69, 9.17) is 4.74 Å². The van der Waals surface area contributed by atoms with Gasteiger partial charge in [-0.3, -0.25) is 4.79 Å². The minimum atomic E-state index is -0.229. The van der Waals surface area contributed by atoms with Gasteiger partial charge in [0.25, 0.3) is 5.91 Å². The van der Waals surface area contributed by atoms with Crippen molar-refractivity contribution in [1.29, 1.82) is 0 Å². The number of amides is 1. The number of carbonyl (C=O) groups excluding carboxylic acids is 1. The summed E-state index contributed by atoms with van der Waals surface area (Å²) in [5, 5.41) is 6.08. The molecule has 3 rings (SSSR count). The lowest BCUT2D eigenvalue weighted by Crippen LogP contribution is -2.26. The minimum absolute atomic E-state index is 0.229. The average molecular weight is 362 g/mol. The molecule has 0 aliphatic heterocycles. The van der Waals surface area contributed by atoms with Crippen LogP contribution >= 0.6 is 0 Å². The Morgan fingerprint density at radius 2 is 1.93 bits per heavy atom. The van der Waals surface area contributed by atoms with Crippen LogP contribution in [0.2, 0.25) is 0 Å². The molecule has 1 aromatic heterocycles. The van der Waals surface area contributed by atoms with E-state index < -0.39 is 0 Å². The number of carbonyl (C=O) groups is 1. The van der Waals surface area contributed by atoms with Crippen LogP contribution in [0.5, 0.6) is 5.75 Å². The molecule has 1 amide bonds. The monoisotopic (exact) mass is 362 g/mol. The lowest BCUT2D eigenvalue weighted by atomic mass is 10.1. The van der Waals surface area contributed by atoms with Gasteiger partial charge in [0.2, 0.25) is 0 Å². The normalized spacial score (nSPS) is 10.3. The summed E-state index contributed by atoms with van der Waals surface area (Å²) in [5.74, 6) is 1.16. The number of rotatable bonds is 7. The highest BCUT2D eigenvalue weighted by Crippen LogP contribution is 2.16. The van der Waals surface area contributed by atoms with Gasteiger partial charge < -0.3 is 15.4 Å². The molecule has 0 aliphatic carbocycles. The van der Waals surface area contributed by atoms with Crippen molar-refractivity contribution in [2.75, 3.05) is 19.0 Å². The molecule has 27 heavy (non-hydrogen) atoms. The molecule has 0 aliphatic rings. The second-order valence-corrected chi connectivity index (χ2v) is 6.14. The third-order valence-corrected chi connectivity index (χ3v) is 4.02. The first-order valence-electron chi connectivity index (χ1n) is 8.71. The predicted octanol–water partition coefficient (Wildman–Crippen LogP) is 3.51. The first-order valence-corrected chi connectivity index (χ1v) is 8.71. The molecule has 0 saturated carbocycles. The molecule has 138 valence electrons. The van der Waals surface area contributed by atoms with Gasteiger partial charge >= 0.3 is 0 Å². The SMILES string of the molecule is COc1cccc(CCNC(=O)c2cc(Nc3cccc(C)c3)ncn2)c1. The second kappa shape index (κ2) is 8.80. The van der Waals surface area contributed by atoms with Gasteiger partial charge in [-0.05, 0) is 48.7 Å². The molecule has 0 unspecified atom stereocenters. The fourth-order valence-corrected chi connectivity index (χ4v) is 2.66. The molecule has 0 bridgehead atoms. The van der Waals surface area contributed by atoms with E-state index in [1.807, 2.05) is 55.5 Å². The maximum Gasteiger partial charge on any atom is 0.270 e. The molecule has 3 aromatic rings. The summed E-state index contributed by atoms with van der Waals surface area (Å²) in [5.41, 5.74) is 3.48. The molecule has 0 radical (unpaired) electrons. The van der Waals surface area contributed by atoms with E-state index in [0.717, 1.165) is 22.6 Å². The van der Waals surface area contributed by atoms with Crippen LogP contribution in [0.15, 0.2) is 60.9 Å². The quantitative estimate of drug-likeness (QED) is 0.673. The summed E-state index contributed by atoms with van der Waals surface area (Å²) in [6.45, 7) is 2.53. The van der Waals surface area contributed by atoms with E-state index in [9.17, 15) is 4.79 Å². The molecule has 0 atom stereocenters. The van der Waals surface area contributed by atoms with Crippen LogP contribution < -0.4 is 15.4 Å². The van der Waals surface area contributed by atoms with E-state index in [-0.39, 0.29) is 5.91 Å². The van der Waals surface area contributed by atoms with Crippen molar-refractivity contribution in [2.45, 2.75) is 13.3 Å². The van der Waals surface area contributed by atoms with Crippen LogP contribution in [0.4, 0.5) is 11.5 Å². The predicted molar refractivity (Wildman–Crippen MR) is 106 cm³/mol. The maximum atomic E-state index is 12.4. The Kier molecular flexibility index (Phi) is 5.99. The van der Waals surface area contributed by atoms with E-state index in [2.05, 4.69) is 20.6 Å². The Bertz CT molecular complexity index is 927. The summed E-state index contributed by atoms with van der Waals surface area (Å²) in [6.07, 6.45) is 2.09. The smallest absolute Gasteiger partial charge is 0.270 e. The number of nitrogens with one attached hydrogen (secondary N) is 2. The number of nitrogens with zero attached hydrogens (tertiary/aromatic N) is 2. The van der Waals surface area contributed by atoms with E-state index >= 15 is 0 Å². The van der Waals surface area contributed by atoms with Crippen LogP contribution in [-0.2, 0) is 6.42 Å². The minimum Gasteiger partial charge on any atom is -0.497 e. The number of hydrogen-bond acceptors (Lipinski definition) is 5.